The lowest BCUT2D eigenvalue weighted by atomic mass is 10.3. The number of aliphatic imine (C=N–C) groups is 1. The van der Waals surface area contributed by atoms with E-state index in [9.17, 15) is 0 Å². The zero-order valence-corrected chi connectivity index (χ0v) is 12.8. The zero-order valence-electron chi connectivity index (χ0n) is 9.61. The lowest BCUT2D eigenvalue weighted by molar-refractivity contribution is 0.564. The molecule has 0 unspecified atom stereocenters. The quantitative estimate of drug-likeness (QED) is 0.798. The molecule has 0 bridgehead atoms. The van der Waals surface area contributed by atoms with Crippen molar-refractivity contribution in [3.05, 3.63) is 28.2 Å². The smallest absolute Gasteiger partial charge is 0.199 e. The Morgan fingerprint density at radius 2 is 2.22 bits per heavy atom. The molecule has 1 aromatic rings. The third kappa shape index (κ3) is 3.51. The molecular formula is C11H11Cl2N3S2. The average molecular weight is 320 g/mol. The van der Waals surface area contributed by atoms with Gasteiger partial charge in [-0.2, -0.15) is 4.99 Å². The van der Waals surface area contributed by atoms with Gasteiger partial charge in [-0.05, 0) is 30.4 Å². The van der Waals surface area contributed by atoms with Gasteiger partial charge in [0.2, 0.25) is 0 Å². The Balaban J connectivity index is 2.05. The molecule has 7 heteroatoms. The minimum atomic E-state index is 0.421. The van der Waals surface area contributed by atoms with E-state index < -0.39 is 0 Å². The van der Waals surface area contributed by atoms with E-state index in [1.807, 2.05) is 13.1 Å². The van der Waals surface area contributed by atoms with Crippen LogP contribution < -0.4 is 5.32 Å². The average Bonchev–Trinajstić information content (AvgIpc) is 2.70. The first-order valence-electron chi connectivity index (χ1n) is 5.25. The van der Waals surface area contributed by atoms with Crippen LogP contribution in [0.4, 0.5) is 5.69 Å². The molecule has 0 saturated carbocycles. The normalized spacial score (nSPS) is 17.3. The minimum absolute atomic E-state index is 0.421. The molecule has 1 N–H and O–H groups in total. The van der Waals surface area contributed by atoms with Crippen molar-refractivity contribution >= 4 is 63.1 Å². The van der Waals surface area contributed by atoms with E-state index in [1.54, 1.807) is 23.9 Å². The van der Waals surface area contributed by atoms with Gasteiger partial charge in [-0.25, -0.2) is 0 Å². The van der Waals surface area contributed by atoms with Gasteiger partial charge in [0.25, 0.3) is 0 Å². The van der Waals surface area contributed by atoms with Gasteiger partial charge in [-0.1, -0.05) is 35.0 Å². The van der Waals surface area contributed by atoms with E-state index in [-0.39, 0.29) is 0 Å². The van der Waals surface area contributed by atoms with Crippen LogP contribution in [0.2, 0.25) is 10.0 Å². The number of amidine groups is 1. The molecule has 1 heterocycles. The molecule has 0 radical (unpaired) electrons. The van der Waals surface area contributed by atoms with Gasteiger partial charge < -0.3 is 10.2 Å². The molecule has 0 spiro atoms. The first-order chi connectivity index (χ1) is 8.56. The third-order valence-corrected chi connectivity index (χ3v) is 4.33. The van der Waals surface area contributed by atoms with Crippen molar-refractivity contribution < 1.29 is 0 Å². The van der Waals surface area contributed by atoms with Crippen LogP contribution in [-0.2, 0) is 0 Å². The molecule has 0 amide bonds. The number of hydrogen-bond donors (Lipinski definition) is 1. The molecule has 1 fully saturated rings. The van der Waals surface area contributed by atoms with E-state index in [4.69, 9.17) is 35.4 Å². The summed E-state index contributed by atoms with van der Waals surface area (Å²) < 4.78 is 0. The van der Waals surface area contributed by atoms with E-state index in [0.29, 0.717) is 15.2 Å². The number of nitrogens with zero attached hydrogens (tertiary/aromatic N) is 2. The van der Waals surface area contributed by atoms with Gasteiger partial charge in [-0.15, -0.1) is 0 Å². The number of rotatable bonds is 1. The number of hydrogen-bond acceptors (Lipinski definition) is 2. The molecule has 3 nitrogen and oxygen atoms in total. The van der Waals surface area contributed by atoms with Crippen molar-refractivity contribution in [1.29, 1.82) is 0 Å². The van der Waals surface area contributed by atoms with Crippen LogP contribution in [0.25, 0.3) is 0 Å². The largest absolute Gasteiger partial charge is 0.353 e. The highest BCUT2D eigenvalue weighted by Gasteiger charge is 2.15. The highest BCUT2D eigenvalue weighted by molar-refractivity contribution is 8.14. The maximum absolute atomic E-state index is 5.93. The minimum Gasteiger partial charge on any atom is -0.353 e. The predicted molar refractivity (Wildman–Crippen MR) is 85.2 cm³/mol. The Labute approximate surface area is 126 Å². The topological polar surface area (TPSA) is 27.6 Å². The van der Waals surface area contributed by atoms with Crippen LogP contribution in [-0.4, -0.2) is 34.5 Å². The molecule has 18 heavy (non-hydrogen) atoms. The molecule has 2 rings (SSSR count). The standard InChI is InChI=1S/C11H11Cl2N3S2/c1-16-4-5-18-11(16)15-10(17)14-7-2-3-8(12)9(13)6-7/h2-3,6H,4-5H2,1H3,(H,14,17)/b15-11-. The number of halogens is 2. The zero-order chi connectivity index (χ0) is 13.1. The third-order valence-electron chi connectivity index (χ3n) is 2.35. The fourth-order valence-electron chi connectivity index (χ4n) is 1.41. The number of benzene rings is 1. The summed E-state index contributed by atoms with van der Waals surface area (Å²) in [4.78, 5) is 6.43. The van der Waals surface area contributed by atoms with Crippen LogP contribution >= 0.6 is 47.2 Å². The van der Waals surface area contributed by atoms with Gasteiger partial charge in [0.05, 0.1) is 10.0 Å². The Bertz CT molecular complexity index is 505. The molecule has 1 aliphatic heterocycles. The van der Waals surface area contributed by atoms with Crippen molar-refractivity contribution in [3.8, 4) is 0 Å². The molecular weight excluding hydrogens is 309 g/mol. The van der Waals surface area contributed by atoms with Crippen LogP contribution in [0, 0.1) is 0 Å². The van der Waals surface area contributed by atoms with E-state index in [2.05, 4.69) is 15.2 Å². The molecule has 1 aromatic carbocycles. The summed E-state index contributed by atoms with van der Waals surface area (Å²) >= 11 is 18.7. The van der Waals surface area contributed by atoms with Crippen LogP contribution in [0.15, 0.2) is 23.2 Å². The molecule has 0 aromatic heterocycles. The Morgan fingerprint density at radius 3 is 2.83 bits per heavy atom. The lowest BCUT2D eigenvalue weighted by Gasteiger charge is -2.11. The predicted octanol–water partition coefficient (Wildman–Crippen LogP) is 3.72. The summed E-state index contributed by atoms with van der Waals surface area (Å²) in [6, 6.07) is 5.26. The van der Waals surface area contributed by atoms with E-state index in [0.717, 1.165) is 23.2 Å². The number of thioether (sulfide) groups is 1. The fourth-order valence-corrected chi connectivity index (χ4v) is 2.98. The first kappa shape index (κ1) is 13.9. The maximum atomic E-state index is 5.93. The Hall–Kier alpha value is -0.490. The summed E-state index contributed by atoms with van der Waals surface area (Å²) in [7, 11) is 2.00. The second-order valence-electron chi connectivity index (χ2n) is 3.72. The highest BCUT2D eigenvalue weighted by atomic mass is 35.5. The van der Waals surface area contributed by atoms with Gasteiger partial charge in [0, 0.05) is 25.0 Å². The summed E-state index contributed by atoms with van der Waals surface area (Å²) in [6.45, 7) is 0.999. The van der Waals surface area contributed by atoms with E-state index >= 15 is 0 Å². The van der Waals surface area contributed by atoms with Crippen LogP contribution in [0.5, 0.6) is 0 Å². The summed E-state index contributed by atoms with van der Waals surface area (Å²) in [5.41, 5.74) is 0.782. The summed E-state index contributed by atoms with van der Waals surface area (Å²) in [6.07, 6.45) is 0. The number of anilines is 1. The molecule has 0 atom stereocenters. The molecule has 0 aliphatic carbocycles. The second-order valence-corrected chi connectivity index (χ2v) is 5.99. The number of thiocarbonyl (C=S) groups is 1. The summed E-state index contributed by atoms with van der Waals surface area (Å²) in [5, 5.41) is 5.39. The maximum Gasteiger partial charge on any atom is 0.199 e. The first-order valence-corrected chi connectivity index (χ1v) is 7.40. The SMILES string of the molecule is CN1CCS/C1=N\C(=S)Nc1ccc(Cl)c(Cl)c1. The van der Waals surface area contributed by atoms with Crippen molar-refractivity contribution in [2.45, 2.75) is 0 Å². The fraction of sp³-hybridized carbons (Fsp3) is 0.273. The van der Waals surface area contributed by atoms with Gasteiger partial charge >= 0.3 is 0 Å². The van der Waals surface area contributed by atoms with Gasteiger partial charge in [-0.3, -0.25) is 0 Å². The Kier molecular flexibility index (Phi) is 4.72. The monoisotopic (exact) mass is 319 g/mol. The van der Waals surface area contributed by atoms with Crippen molar-refractivity contribution in [3.63, 3.8) is 0 Å². The van der Waals surface area contributed by atoms with Crippen LogP contribution in [0.1, 0.15) is 0 Å². The number of nitrogens with one attached hydrogen (secondary N) is 1. The van der Waals surface area contributed by atoms with Crippen molar-refractivity contribution in [2.24, 2.45) is 4.99 Å². The van der Waals surface area contributed by atoms with Crippen molar-refractivity contribution in [2.75, 3.05) is 24.7 Å². The summed E-state index contributed by atoms with van der Waals surface area (Å²) in [5.74, 6) is 1.05. The van der Waals surface area contributed by atoms with Gasteiger partial charge in [0.1, 0.15) is 0 Å². The van der Waals surface area contributed by atoms with Crippen LogP contribution in [0.3, 0.4) is 0 Å². The van der Waals surface area contributed by atoms with Gasteiger partial charge in [0.15, 0.2) is 10.3 Å². The van der Waals surface area contributed by atoms with Crippen molar-refractivity contribution in [1.82, 2.24) is 4.90 Å². The molecule has 96 valence electrons. The second kappa shape index (κ2) is 6.10. The van der Waals surface area contributed by atoms with E-state index in [1.165, 1.54) is 0 Å². The molecule has 1 aliphatic rings. The highest BCUT2D eigenvalue weighted by Crippen LogP contribution is 2.25. The lowest BCUT2D eigenvalue weighted by Crippen LogP contribution is -2.20. The Morgan fingerprint density at radius 1 is 1.44 bits per heavy atom. The molecule has 1 saturated heterocycles.